The first-order valence-electron chi connectivity index (χ1n) is 7.37. The fourth-order valence-corrected chi connectivity index (χ4v) is 2.66. The molecule has 0 spiro atoms. The molecule has 4 nitrogen and oxygen atoms in total. The van der Waals surface area contributed by atoms with E-state index in [4.69, 9.17) is 0 Å². The van der Waals surface area contributed by atoms with Crippen molar-refractivity contribution in [1.82, 2.24) is 15.5 Å². The van der Waals surface area contributed by atoms with Crippen LogP contribution in [0.5, 0.6) is 0 Å². The number of benzene rings is 1. The van der Waals surface area contributed by atoms with Crippen molar-refractivity contribution in [3.05, 3.63) is 35.9 Å². The van der Waals surface area contributed by atoms with Gasteiger partial charge in [-0.3, -0.25) is 4.79 Å². The molecule has 1 aliphatic rings. The zero-order valence-corrected chi connectivity index (χ0v) is 13.7. The van der Waals surface area contributed by atoms with Gasteiger partial charge in [-0.2, -0.15) is 0 Å². The van der Waals surface area contributed by atoms with Crippen molar-refractivity contribution in [3.63, 3.8) is 0 Å². The zero-order valence-electron chi connectivity index (χ0n) is 12.8. The predicted octanol–water partition coefficient (Wildman–Crippen LogP) is 1.83. The van der Waals surface area contributed by atoms with Crippen molar-refractivity contribution >= 4 is 18.3 Å². The van der Waals surface area contributed by atoms with Crippen LogP contribution in [0.4, 0.5) is 0 Å². The van der Waals surface area contributed by atoms with E-state index in [2.05, 4.69) is 27.7 Å². The van der Waals surface area contributed by atoms with Gasteiger partial charge in [-0.05, 0) is 45.6 Å². The summed E-state index contributed by atoms with van der Waals surface area (Å²) in [5.74, 6) is 0.354. The van der Waals surface area contributed by atoms with Crippen LogP contribution in [0, 0.1) is 5.92 Å². The van der Waals surface area contributed by atoms with Gasteiger partial charge in [-0.15, -0.1) is 12.4 Å². The number of nitrogens with zero attached hydrogens (tertiary/aromatic N) is 1. The van der Waals surface area contributed by atoms with Gasteiger partial charge in [0.25, 0.3) is 0 Å². The molecule has 0 saturated carbocycles. The lowest BCUT2D eigenvalue weighted by atomic mass is 9.96. The third-order valence-electron chi connectivity index (χ3n) is 3.78. The van der Waals surface area contributed by atoms with Crippen LogP contribution >= 0.6 is 12.4 Å². The summed E-state index contributed by atoms with van der Waals surface area (Å²) in [6, 6.07) is 10.3. The van der Waals surface area contributed by atoms with Crippen LogP contribution < -0.4 is 10.6 Å². The van der Waals surface area contributed by atoms with Crippen LogP contribution in [0.15, 0.2) is 30.3 Å². The third-order valence-corrected chi connectivity index (χ3v) is 3.78. The van der Waals surface area contributed by atoms with E-state index in [9.17, 15) is 4.79 Å². The number of halogens is 1. The Morgan fingerprint density at radius 2 is 1.90 bits per heavy atom. The Kier molecular flexibility index (Phi) is 7.72. The topological polar surface area (TPSA) is 44.4 Å². The summed E-state index contributed by atoms with van der Waals surface area (Å²) < 4.78 is 0. The molecule has 1 saturated heterocycles. The number of rotatable bonds is 5. The fraction of sp³-hybridized carbons (Fsp3) is 0.562. The average molecular weight is 312 g/mol. The fourth-order valence-electron chi connectivity index (χ4n) is 2.66. The van der Waals surface area contributed by atoms with Crippen molar-refractivity contribution in [1.29, 1.82) is 0 Å². The molecule has 2 rings (SSSR count). The maximum absolute atomic E-state index is 12.4. The van der Waals surface area contributed by atoms with Crippen LogP contribution in [0.25, 0.3) is 0 Å². The second kappa shape index (κ2) is 9.03. The molecule has 1 aromatic carbocycles. The van der Waals surface area contributed by atoms with Gasteiger partial charge in [0.1, 0.15) is 0 Å². The highest BCUT2D eigenvalue weighted by molar-refractivity contribution is 5.85. The number of hydrogen-bond donors (Lipinski definition) is 2. The minimum Gasteiger partial charge on any atom is -0.348 e. The predicted molar refractivity (Wildman–Crippen MR) is 88.7 cm³/mol. The molecule has 1 atom stereocenters. The number of amides is 1. The van der Waals surface area contributed by atoms with Gasteiger partial charge < -0.3 is 15.5 Å². The van der Waals surface area contributed by atoms with E-state index in [-0.39, 0.29) is 30.3 Å². The Labute approximate surface area is 133 Å². The standard InChI is InChI=1S/C16H25N3O.ClH/c1-19(2)12-15(13-6-4-3-5-7-13)18-16(20)14-8-10-17-11-9-14;/h3-7,14-15,17H,8-12H2,1-2H3,(H,18,20);1H. The van der Waals surface area contributed by atoms with Gasteiger partial charge in [0.05, 0.1) is 6.04 Å². The first-order valence-corrected chi connectivity index (χ1v) is 7.37. The lowest BCUT2D eigenvalue weighted by Crippen LogP contribution is -2.42. The maximum atomic E-state index is 12.4. The highest BCUT2D eigenvalue weighted by atomic mass is 35.5. The number of likely N-dealkylation sites (N-methyl/N-ethyl adjacent to an activating group) is 1. The maximum Gasteiger partial charge on any atom is 0.223 e. The second-order valence-corrected chi connectivity index (χ2v) is 5.76. The molecular weight excluding hydrogens is 286 g/mol. The smallest absolute Gasteiger partial charge is 0.223 e. The highest BCUT2D eigenvalue weighted by Gasteiger charge is 2.24. The molecule has 5 heteroatoms. The van der Waals surface area contributed by atoms with Crippen LogP contribution in [-0.2, 0) is 4.79 Å². The Bertz CT molecular complexity index is 419. The third kappa shape index (κ3) is 5.65. The van der Waals surface area contributed by atoms with Crippen LogP contribution in [0.2, 0.25) is 0 Å². The molecule has 2 N–H and O–H groups in total. The van der Waals surface area contributed by atoms with Gasteiger partial charge in [-0.25, -0.2) is 0 Å². The normalized spacial score (nSPS) is 17.1. The minimum absolute atomic E-state index is 0. The summed E-state index contributed by atoms with van der Waals surface area (Å²) in [7, 11) is 4.07. The number of hydrogen-bond acceptors (Lipinski definition) is 3. The highest BCUT2D eigenvalue weighted by Crippen LogP contribution is 2.17. The molecule has 21 heavy (non-hydrogen) atoms. The SMILES string of the molecule is CN(C)CC(NC(=O)C1CCNCC1)c1ccccc1.Cl. The Morgan fingerprint density at radius 3 is 2.48 bits per heavy atom. The number of carbonyl (C=O) groups excluding carboxylic acids is 1. The largest absolute Gasteiger partial charge is 0.348 e. The molecule has 118 valence electrons. The van der Waals surface area contributed by atoms with Gasteiger partial charge in [0, 0.05) is 12.5 Å². The van der Waals surface area contributed by atoms with Crippen molar-refractivity contribution in [2.45, 2.75) is 18.9 Å². The summed E-state index contributed by atoms with van der Waals surface area (Å²) in [5, 5.41) is 6.52. The molecule has 1 amide bonds. The minimum atomic E-state index is 0. The Balaban J connectivity index is 0.00000220. The van der Waals surface area contributed by atoms with Crippen molar-refractivity contribution in [2.24, 2.45) is 5.92 Å². The monoisotopic (exact) mass is 311 g/mol. The van der Waals surface area contributed by atoms with E-state index in [0.29, 0.717) is 0 Å². The molecule has 1 fully saturated rings. The molecule has 0 bridgehead atoms. The first-order chi connectivity index (χ1) is 9.66. The van der Waals surface area contributed by atoms with E-state index >= 15 is 0 Å². The molecule has 1 aromatic rings. The van der Waals surface area contributed by atoms with Gasteiger partial charge in [0.15, 0.2) is 0 Å². The summed E-state index contributed by atoms with van der Waals surface area (Å²) in [6.45, 7) is 2.71. The van der Waals surface area contributed by atoms with Crippen LogP contribution in [0.1, 0.15) is 24.4 Å². The average Bonchev–Trinajstić information content (AvgIpc) is 2.48. The molecule has 1 unspecified atom stereocenters. The summed E-state index contributed by atoms with van der Waals surface area (Å²) in [6.07, 6.45) is 1.88. The van der Waals surface area contributed by atoms with Crippen molar-refractivity contribution in [2.75, 3.05) is 33.7 Å². The van der Waals surface area contributed by atoms with Crippen molar-refractivity contribution < 1.29 is 4.79 Å². The summed E-state index contributed by atoms with van der Waals surface area (Å²) >= 11 is 0. The number of nitrogens with one attached hydrogen (secondary N) is 2. The van der Waals surface area contributed by atoms with Crippen LogP contribution in [0.3, 0.4) is 0 Å². The molecule has 0 aliphatic carbocycles. The molecule has 1 aliphatic heterocycles. The molecular formula is C16H26ClN3O. The molecule has 0 aromatic heterocycles. The van der Waals surface area contributed by atoms with Gasteiger partial charge >= 0.3 is 0 Å². The first kappa shape index (κ1) is 18.0. The van der Waals surface area contributed by atoms with E-state index in [0.717, 1.165) is 32.5 Å². The lowest BCUT2D eigenvalue weighted by Gasteiger charge is -2.27. The second-order valence-electron chi connectivity index (χ2n) is 5.76. The number of piperidine rings is 1. The Hall–Kier alpha value is -1.10. The summed E-state index contributed by atoms with van der Waals surface area (Å²) in [5.41, 5.74) is 1.17. The zero-order chi connectivity index (χ0) is 14.4. The Morgan fingerprint density at radius 1 is 1.29 bits per heavy atom. The molecule has 1 heterocycles. The molecule has 0 radical (unpaired) electrons. The van der Waals surface area contributed by atoms with E-state index < -0.39 is 0 Å². The van der Waals surface area contributed by atoms with Crippen LogP contribution in [-0.4, -0.2) is 44.5 Å². The van der Waals surface area contributed by atoms with E-state index in [1.54, 1.807) is 0 Å². The van der Waals surface area contributed by atoms with Crippen molar-refractivity contribution in [3.8, 4) is 0 Å². The van der Waals surface area contributed by atoms with E-state index in [1.807, 2.05) is 32.3 Å². The summed E-state index contributed by atoms with van der Waals surface area (Å²) in [4.78, 5) is 14.5. The van der Waals surface area contributed by atoms with E-state index in [1.165, 1.54) is 5.56 Å². The lowest BCUT2D eigenvalue weighted by molar-refractivity contribution is -0.126. The van der Waals surface area contributed by atoms with Gasteiger partial charge in [-0.1, -0.05) is 30.3 Å². The quantitative estimate of drug-likeness (QED) is 0.872. The van der Waals surface area contributed by atoms with Gasteiger partial charge in [0.2, 0.25) is 5.91 Å². The number of carbonyl (C=O) groups is 1.